The van der Waals surface area contributed by atoms with Crippen molar-refractivity contribution in [2.24, 2.45) is 0 Å². The molecule has 0 aliphatic rings. The Morgan fingerprint density at radius 2 is 0.479 bits per heavy atom. The lowest BCUT2D eigenvalue weighted by Gasteiger charge is -2.34. The summed E-state index contributed by atoms with van der Waals surface area (Å²) in [4.78, 5) is 14.4. The van der Waals surface area contributed by atoms with E-state index in [9.17, 15) is 0 Å². The van der Waals surface area contributed by atoms with Crippen LogP contribution in [0, 0.1) is 0 Å². The van der Waals surface area contributed by atoms with Gasteiger partial charge in [0.1, 0.15) is 0 Å². The normalized spacial score (nSPS) is 11.5. The summed E-state index contributed by atoms with van der Waals surface area (Å²) in [6.45, 7) is 0. The van der Waals surface area contributed by atoms with E-state index in [4.69, 9.17) is 0 Å². The second-order valence-corrected chi connectivity index (χ2v) is 39.8. The predicted octanol–water partition coefficient (Wildman–Crippen LogP) is 36.8. The first-order valence-electron chi connectivity index (χ1n) is 47.4. The lowest BCUT2D eigenvalue weighted by Crippen LogP contribution is -2.25. The van der Waals surface area contributed by atoms with Crippen LogP contribution >= 0.6 is 29.8 Å². The smallest absolute Gasteiger partial charge is 0.171 e. The van der Waals surface area contributed by atoms with Crippen molar-refractivity contribution in [3.05, 3.63) is 552 Å². The highest BCUT2D eigenvalue weighted by atomic mass is 32.1. The van der Waals surface area contributed by atoms with Crippen LogP contribution in [0.2, 0.25) is 0 Å². The summed E-state index contributed by atoms with van der Waals surface area (Å²) < 4.78 is 20.4. The Morgan fingerprint density at radius 1 is 0.157 bits per heavy atom. The van der Waals surface area contributed by atoms with E-state index >= 15 is 4.57 Å². The van der Waals surface area contributed by atoms with Crippen molar-refractivity contribution in [1.82, 2.24) is 0 Å². The molecular formula is C130H91N6OPS2. The number of anilines is 18. The predicted molar refractivity (Wildman–Crippen MR) is 602 cm³/mol. The topological polar surface area (TPSA) is 36.5 Å². The molecule has 140 heavy (non-hydrogen) atoms. The van der Waals surface area contributed by atoms with Crippen molar-refractivity contribution in [2.45, 2.75) is 0 Å². The van der Waals surface area contributed by atoms with Crippen molar-refractivity contribution in [1.29, 1.82) is 0 Å². The van der Waals surface area contributed by atoms with Gasteiger partial charge >= 0.3 is 0 Å². The zero-order valence-electron chi connectivity index (χ0n) is 76.4. The number of hydrogen-bond acceptors (Lipinski definition) is 9. The van der Waals surface area contributed by atoms with Crippen LogP contribution in [0.15, 0.2) is 552 Å². The SMILES string of the molecule is O=P(c1ccccc1)(c1ccccc1)c1ccc(N(c2ccccc2)c2ccccc2N(c2ccccc2)c2cc3sc4ccc(N(c5ccccc5)c5ccccc5)cc4c3c3ccccc23)cc1.c1ccc(N(c2ccc3c(c2)sc2c(-c4cccc5ccccc45)cc(N(c4ccccc4)c4cccc5ccccc45)cc23)c2ccccc2N(c2ccccc2)c2cccc3ccccc23)cc1. The molecule has 0 aliphatic heterocycles. The second-order valence-electron chi connectivity index (χ2n) is 34.9. The Morgan fingerprint density at radius 3 is 0.971 bits per heavy atom. The Balaban J connectivity index is 0.000000152. The van der Waals surface area contributed by atoms with Crippen molar-refractivity contribution < 1.29 is 4.57 Å². The number of nitrogens with zero attached hydrogens (tertiary/aromatic N) is 6. The molecule has 10 heteroatoms. The van der Waals surface area contributed by atoms with Crippen molar-refractivity contribution in [3.8, 4) is 11.1 Å². The number of rotatable bonds is 22. The van der Waals surface area contributed by atoms with Gasteiger partial charge in [0.05, 0.1) is 39.8 Å². The monoisotopic (exact) mass is 1850 g/mol. The summed E-state index contributed by atoms with van der Waals surface area (Å²) in [6, 6.07) is 197. The van der Waals surface area contributed by atoms with E-state index in [1.807, 2.05) is 83.3 Å². The molecule has 664 valence electrons. The van der Waals surface area contributed by atoms with Crippen molar-refractivity contribution >= 4 is 232 Å². The molecule has 0 unspecified atom stereocenters. The lowest BCUT2D eigenvalue weighted by atomic mass is 9.95. The van der Waals surface area contributed by atoms with E-state index in [1.54, 1.807) is 0 Å². The Kier molecular flexibility index (Phi) is 23.0. The van der Waals surface area contributed by atoms with Gasteiger partial charge in [0.2, 0.25) is 0 Å². The number of benzene rings is 23. The lowest BCUT2D eigenvalue weighted by molar-refractivity contribution is 0.592. The van der Waals surface area contributed by atoms with E-state index in [1.165, 1.54) is 89.2 Å². The molecule has 0 atom stereocenters. The molecule has 25 aromatic rings. The highest BCUT2D eigenvalue weighted by Gasteiger charge is 2.33. The Labute approximate surface area is 822 Å². The highest BCUT2D eigenvalue weighted by Crippen LogP contribution is 2.56. The summed E-state index contributed by atoms with van der Waals surface area (Å²) >= 11 is 3.71. The molecule has 0 spiro atoms. The number of thiophene rings is 2. The molecule has 7 nitrogen and oxygen atoms in total. The van der Waals surface area contributed by atoms with E-state index < -0.39 is 7.14 Å². The molecule has 0 fully saturated rings. The van der Waals surface area contributed by atoms with Crippen LogP contribution in [0.4, 0.5) is 102 Å². The van der Waals surface area contributed by atoms with Gasteiger partial charge in [-0.1, -0.05) is 358 Å². The first-order chi connectivity index (χ1) is 69.4. The van der Waals surface area contributed by atoms with Gasteiger partial charge in [-0.2, -0.15) is 0 Å². The maximum atomic E-state index is 15.5. The van der Waals surface area contributed by atoms with Gasteiger partial charge < -0.3 is 34.0 Å². The van der Waals surface area contributed by atoms with Crippen LogP contribution in [0.5, 0.6) is 0 Å². The molecule has 23 aromatic carbocycles. The summed E-state index contributed by atoms with van der Waals surface area (Å²) in [7, 11) is -3.20. The van der Waals surface area contributed by atoms with Crippen molar-refractivity contribution in [3.63, 3.8) is 0 Å². The van der Waals surface area contributed by atoms with Crippen LogP contribution in [0.1, 0.15) is 0 Å². The number of hydrogen-bond donors (Lipinski definition) is 0. The first kappa shape index (κ1) is 85.5. The third-order valence-corrected chi connectivity index (χ3v) is 32.0. The molecular weight excluding hydrogens is 1760 g/mol. The van der Waals surface area contributed by atoms with E-state index in [-0.39, 0.29) is 0 Å². The van der Waals surface area contributed by atoms with Crippen LogP contribution in [0.25, 0.3) is 94.6 Å². The minimum absolute atomic E-state index is 0.781. The zero-order chi connectivity index (χ0) is 93.2. The summed E-state index contributed by atoms with van der Waals surface area (Å²) in [6.07, 6.45) is 0. The molecule has 0 radical (unpaired) electrons. The van der Waals surface area contributed by atoms with Gasteiger partial charge in [-0.3, -0.25) is 0 Å². The van der Waals surface area contributed by atoms with Gasteiger partial charge in [-0.05, 0) is 227 Å². The minimum atomic E-state index is -3.20. The van der Waals surface area contributed by atoms with Crippen molar-refractivity contribution in [2.75, 3.05) is 29.4 Å². The molecule has 0 N–H and O–H groups in total. The van der Waals surface area contributed by atoms with E-state index in [0.717, 1.165) is 124 Å². The maximum absolute atomic E-state index is 15.5. The fourth-order valence-corrected chi connectivity index (χ4v) is 25.4. The zero-order valence-corrected chi connectivity index (χ0v) is 78.9. The molecule has 0 bridgehead atoms. The molecule has 2 aromatic heterocycles. The summed E-state index contributed by atoms with van der Waals surface area (Å²) in [5.74, 6) is 0. The van der Waals surface area contributed by atoms with Gasteiger partial charge in [-0.25, -0.2) is 0 Å². The second kappa shape index (κ2) is 37.7. The summed E-state index contributed by atoms with van der Waals surface area (Å²) in [5, 5.41) is 16.9. The standard InChI is InChI=1S/C66H45N3S.C64H46N3OPS/c1-4-27-49(28-5-1)67(63-37-16-17-38-64(63)69(51-31-8-3-9-32-51)62-40-20-26-48-23-12-15-35-56(48)62)52-41-42-58-60-44-53(68(50-29-6-2-7-30-50)61-39-19-25-47-22-11-14-34-55(47)61)43-59(66(60)70-65(58)45-52)57-36-18-24-46-21-10-13-33-54(46)57;68-69(53-31-15-5-16-32-53,54-33-17-6-18-34-54)55-42-39-51(40-43-55)66(49-27-11-3-12-28-49)59-37-21-22-38-60(59)67(50-29-13-4-14-30-50)61-46-63-64(57-36-20-19-35-56(57)61)58-45-52(41-44-62(58)70-63)65(47-23-7-1-8-24-47)48-25-9-2-10-26-48/h1-45H;1-46H. The molecule has 0 amide bonds. The van der Waals surface area contributed by atoms with E-state index in [2.05, 4.69) is 521 Å². The quantitative estimate of drug-likeness (QED) is 0.0626. The van der Waals surface area contributed by atoms with Crippen LogP contribution in [-0.4, -0.2) is 0 Å². The van der Waals surface area contributed by atoms with Crippen LogP contribution in [0.3, 0.4) is 0 Å². The molecule has 0 aliphatic carbocycles. The summed E-state index contributed by atoms with van der Waals surface area (Å²) in [5.41, 5.74) is 21.7. The van der Waals surface area contributed by atoms with Gasteiger partial charge in [0, 0.05) is 141 Å². The average Bonchev–Trinajstić information content (AvgIpc) is 1.52. The Bertz CT molecular complexity index is 8770. The largest absolute Gasteiger partial charge is 0.310 e. The van der Waals surface area contributed by atoms with Crippen LogP contribution in [-0.2, 0) is 4.57 Å². The fraction of sp³-hybridized carbons (Fsp3) is 0. The number of fused-ring (bicyclic) bond motifs is 11. The first-order valence-corrected chi connectivity index (χ1v) is 50.7. The molecule has 0 saturated heterocycles. The van der Waals surface area contributed by atoms with Crippen LogP contribution < -0.4 is 45.3 Å². The third kappa shape index (κ3) is 16.0. The van der Waals surface area contributed by atoms with Gasteiger partial charge in [0.15, 0.2) is 7.14 Å². The average molecular weight is 1850 g/mol. The third-order valence-electron chi connectivity index (χ3n) is 26.6. The van der Waals surface area contributed by atoms with Gasteiger partial charge in [-0.15, -0.1) is 22.7 Å². The van der Waals surface area contributed by atoms with Gasteiger partial charge in [0.25, 0.3) is 0 Å². The minimum Gasteiger partial charge on any atom is -0.310 e. The molecule has 2 heterocycles. The highest BCUT2D eigenvalue weighted by molar-refractivity contribution is 7.85. The Hall–Kier alpha value is -17.4. The maximum Gasteiger partial charge on any atom is 0.171 e. The fourth-order valence-electron chi connectivity index (χ4n) is 20.3. The van der Waals surface area contributed by atoms with E-state index in [0.29, 0.717) is 0 Å². The number of para-hydroxylation sites is 11. The molecule has 0 saturated carbocycles. The molecule has 25 rings (SSSR count).